The third-order valence-electron chi connectivity index (χ3n) is 6.64. The normalized spacial score (nSPS) is 34.3. The highest BCUT2D eigenvalue weighted by molar-refractivity contribution is 6.31. The topological polar surface area (TPSA) is 57.7 Å². The van der Waals surface area contributed by atoms with E-state index in [1.54, 1.807) is 0 Å². The highest BCUT2D eigenvalue weighted by Crippen LogP contribution is 2.65. The van der Waals surface area contributed by atoms with Crippen LogP contribution in [0, 0.1) is 35.5 Å². The molecule has 1 aliphatic heterocycles. The fourth-order valence-corrected chi connectivity index (χ4v) is 5.54. The molecule has 6 atom stereocenters. The van der Waals surface area contributed by atoms with Gasteiger partial charge in [0.1, 0.15) is 6.67 Å². The molecule has 3 amide bonds. The van der Waals surface area contributed by atoms with Gasteiger partial charge in [0.2, 0.25) is 11.8 Å². The van der Waals surface area contributed by atoms with E-state index in [4.69, 9.17) is 11.6 Å². The molecule has 1 aromatic rings. The zero-order chi connectivity index (χ0) is 20.7. The summed E-state index contributed by atoms with van der Waals surface area (Å²) >= 11 is 5.87. The number of anilines is 1. The first-order valence-electron chi connectivity index (χ1n) is 9.36. The summed E-state index contributed by atoms with van der Waals surface area (Å²) in [6.45, 7) is -0.780. The SMILES string of the molecule is O=C1[C@H]2[C@@H]3C=C[C@H]([C@H]4C[C@H]34)[C@@H]2C(=O)N1CN(C(=O)C(F)(F)F)c1cccc(Cl)c1. The second kappa shape index (κ2) is 6.08. The van der Waals surface area contributed by atoms with Gasteiger partial charge in [0.25, 0.3) is 0 Å². The summed E-state index contributed by atoms with van der Waals surface area (Å²) < 4.78 is 39.7. The number of hydrogen-bond acceptors (Lipinski definition) is 3. The second-order valence-corrected chi connectivity index (χ2v) is 8.55. The van der Waals surface area contributed by atoms with Crippen LogP contribution in [0.15, 0.2) is 36.4 Å². The molecule has 29 heavy (non-hydrogen) atoms. The van der Waals surface area contributed by atoms with Crippen LogP contribution >= 0.6 is 11.6 Å². The summed E-state index contributed by atoms with van der Waals surface area (Å²) in [5.74, 6) is -3.55. The minimum atomic E-state index is -5.16. The lowest BCUT2D eigenvalue weighted by Crippen LogP contribution is -2.49. The Hall–Kier alpha value is -2.35. The van der Waals surface area contributed by atoms with Crippen LogP contribution in [-0.4, -0.2) is 35.5 Å². The Balaban J connectivity index is 1.47. The van der Waals surface area contributed by atoms with Crippen molar-refractivity contribution in [2.45, 2.75) is 12.6 Å². The van der Waals surface area contributed by atoms with Crippen molar-refractivity contribution in [2.75, 3.05) is 11.6 Å². The lowest BCUT2D eigenvalue weighted by Gasteiger charge is -2.37. The van der Waals surface area contributed by atoms with Crippen LogP contribution in [-0.2, 0) is 14.4 Å². The Morgan fingerprint density at radius 3 is 2.21 bits per heavy atom. The minimum Gasteiger partial charge on any atom is -0.286 e. The molecule has 2 bridgehead atoms. The van der Waals surface area contributed by atoms with Crippen molar-refractivity contribution in [2.24, 2.45) is 35.5 Å². The van der Waals surface area contributed by atoms with Crippen LogP contribution in [0.25, 0.3) is 0 Å². The Bertz CT molecular complexity index is 927. The molecule has 0 aromatic heterocycles. The van der Waals surface area contributed by atoms with Crippen molar-refractivity contribution >= 4 is 35.0 Å². The zero-order valence-electron chi connectivity index (χ0n) is 15.0. The molecule has 0 N–H and O–H groups in total. The number of alkyl halides is 3. The smallest absolute Gasteiger partial charge is 0.286 e. The molecule has 5 nitrogen and oxygen atoms in total. The van der Waals surface area contributed by atoms with Crippen molar-refractivity contribution in [1.29, 1.82) is 0 Å². The van der Waals surface area contributed by atoms with E-state index in [2.05, 4.69) is 0 Å². The van der Waals surface area contributed by atoms with E-state index >= 15 is 0 Å². The van der Waals surface area contributed by atoms with Gasteiger partial charge in [0.05, 0.1) is 11.8 Å². The van der Waals surface area contributed by atoms with Gasteiger partial charge >= 0.3 is 12.1 Å². The maximum atomic E-state index is 13.2. The highest BCUT2D eigenvalue weighted by Gasteiger charge is 2.67. The first-order chi connectivity index (χ1) is 13.7. The molecule has 5 aliphatic rings. The molecule has 2 saturated carbocycles. The molecule has 152 valence electrons. The molecular weight excluding hydrogens is 409 g/mol. The predicted octanol–water partition coefficient (Wildman–Crippen LogP) is 3.25. The van der Waals surface area contributed by atoms with Crippen LogP contribution in [0.5, 0.6) is 0 Å². The Morgan fingerprint density at radius 1 is 1.10 bits per heavy atom. The van der Waals surface area contributed by atoms with E-state index < -0.39 is 42.4 Å². The fourth-order valence-electron chi connectivity index (χ4n) is 5.36. The standard InChI is InChI=1S/C20H16ClF3N2O3/c21-9-2-1-3-10(6-9)25(19(29)20(22,23)24)8-26-17(27)15-11-4-5-12(14-7-13(11)14)16(15)18(26)28/h1-6,11-16H,7-8H2/t11-,12-,13-,14-,15+,16+/m1/s1. The Kier molecular flexibility index (Phi) is 3.91. The monoisotopic (exact) mass is 424 g/mol. The summed E-state index contributed by atoms with van der Waals surface area (Å²) in [5, 5.41) is 0.137. The third kappa shape index (κ3) is 2.72. The first kappa shape index (κ1) is 18.7. The van der Waals surface area contributed by atoms with Gasteiger partial charge in [0, 0.05) is 10.7 Å². The number of carbonyl (C=O) groups excluding carboxylic acids is 3. The van der Waals surface area contributed by atoms with E-state index in [1.165, 1.54) is 24.3 Å². The van der Waals surface area contributed by atoms with Crippen LogP contribution in [0.2, 0.25) is 5.02 Å². The first-order valence-corrected chi connectivity index (χ1v) is 9.74. The lowest BCUT2D eigenvalue weighted by atomic mass is 9.63. The predicted molar refractivity (Wildman–Crippen MR) is 96.4 cm³/mol. The number of imide groups is 1. The van der Waals surface area contributed by atoms with Crippen LogP contribution in [0.1, 0.15) is 6.42 Å². The molecule has 1 heterocycles. The van der Waals surface area contributed by atoms with Crippen molar-refractivity contribution in [1.82, 2.24) is 4.90 Å². The fraction of sp³-hybridized carbons (Fsp3) is 0.450. The summed E-state index contributed by atoms with van der Waals surface area (Å²) in [6.07, 6.45) is -0.227. The van der Waals surface area contributed by atoms with Gasteiger partial charge in [-0.25, -0.2) is 0 Å². The summed E-state index contributed by atoms with van der Waals surface area (Å²) in [4.78, 5) is 39.4. The number of likely N-dealkylation sites (tertiary alicyclic amines) is 1. The summed E-state index contributed by atoms with van der Waals surface area (Å²) in [6, 6.07) is 5.34. The molecule has 6 rings (SSSR count). The average molecular weight is 425 g/mol. The van der Waals surface area contributed by atoms with E-state index in [0.717, 1.165) is 11.3 Å². The number of rotatable bonds is 3. The van der Waals surface area contributed by atoms with Gasteiger partial charge in [-0.05, 0) is 48.3 Å². The number of allylic oxidation sites excluding steroid dienone is 2. The van der Waals surface area contributed by atoms with E-state index in [0.29, 0.717) is 16.7 Å². The second-order valence-electron chi connectivity index (χ2n) is 8.11. The van der Waals surface area contributed by atoms with Gasteiger partial charge < -0.3 is 0 Å². The van der Waals surface area contributed by atoms with Crippen molar-refractivity contribution in [3.05, 3.63) is 41.4 Å². The molecule has 0 unspecified atom stereocenters. The number of hydrogen-bond donors (Lipinski definition) is 0. The number of nitrogens with zero attached hydrogens (tertiary/aromatic N) is 2. The molecule has 4 aliphatic carbocycles. The van der Waals surface area contributed by atoms with Crippen molar-refractivity contribution in [3.63, 3.8) is 0 Å². The minimum absolute atomic E-state index is 0.0469. The molecule has 3 fully saturated rings. The van der Waals surface area contributed by atoms with E-state index in [-0.39, 0.29) is 22.5 Å². The van der Waals surface area contributed by atoms with Gasteiger partial charge in [-0.3, -0.25) is 24.2 Å². The third-order valence-corrected chi connectivity index (χ3v) is 6.88. The number of halogens is 4. The summed E-state index contributed by atoms with van der Waals surface area (Å²) in [5.41, 5.74) is -0.126. The number of benzene rings is 1. The number of amides is 3. The molecule has 9 heteroatoms. The maximum Gasteiger partial charge on any atom is 0.471 e. The van der Waals surface area contributed by atoms with Gasteiger partial charge in [-0.15, -0.1) is 0 Å². The van der Waals surface area contributed by atoms with Crippen LogP contribution in [0.3, 0.4) is 0 Å². The van der Waals surface area contributed by atoms with E-state index in [9.17, 15) is 27.6 Å². The highest BCUT2D eigenvalue weighted by atomic mass is 35.5. The maximum absolute atomic E-state index is 13.2. The van der Waals surface area contributed by atoms with E-state index in [1.807, 2.05) is 12.2 Å². The van der Waals surface area contributed by atoms with Gasteiger partial charge in [-0.1, -0.05) is 29.8 Å². The number of carbonyl (C=O) groups is 3. The largest absolute Gasteiger partial charge is 0.471 e. The van der Waals surface area contributed by atoms with Crippen molar-refractivity contribution in [3.8, 4) is 0 Å². The van der Waals surface area contributed by atoms with Crippen molar-refractivity contribution < 1.29 is 27.6 Å². The Labute approximate surface area is 169 Å². The molecular formula is C20H16ClF3N2O3. The van der Waals surface area contributed by atoms with Crippen LogP contribution in [0.4, 0.5) is 18.9 Å². The Morgan fingerprint density at radius 2 is 1.69 bits per heavy atom. The van der Waals surface area contributed by atoms with Gasteiger partial charge in [-0.2, -0.15) is 13.2 Å². The van der Waals surface area contributed by atoms with Crippen LogP contribution < -0.4 is 4.90 Å². The van der Waals surface area contributed by atoms with Gasteiger partial charge in [0.15, 0.2) is 0 Å². The molecule has 0 spiro atoms. The quantitative estimate of drug-likeness (QED) is 0.553. The molecule has 1 saturated heterocycles. The summed E-state index contributed by atoms with van der Waals surface area (Å²) in [7, 11) is 0. The lowest BCUT2D eigenvalue weighted by molar-refractivity contribution is -0.171. The zero-order valence-corrected chi connectivity index (χ0v) is 15.7. The molecule has 0 radical (unpaired) electrons. The average Bonchev–Trinajstić information content (AvgIpc) is 3.44. The molecule has 1 aromatic carbocycles.